The summed E-state index contributed by atoms with van der Waals surface area (Å²) in [7, 11) is 0. The number of rotatable bonds is 3. The first-order chi connectivity index (χ1) is 13.1. The molecular weight excluding hydrogens is 338 g/mol. The first-order valence-corrected chi connectivity index (χ1v) is 8.89. The Hall–Kier alpha value is -3.30. The third kappa shape index (κ3) is 3.64. The zero-order valence-electron chi connectivity index (χ0n) is 15.1. The Bertz CT molecular complexity index is 1080. The van der Waals surface area contributed by atoms with Gasteiger partial charge in [-0.3, -0.25) is 14.7 Å². The van der Waals surface area contributed by atoms with Crippen LogP contribution in [-0.2, 0) is 19.5 Å². The number of nitrogens with zero attached hydrogens (tertiary/aromatic N) is 4. The third-order valence-electron chi connectivity index (χ3n) is 4.78. The van der Waals surface area contributed by atoms with Crippen LogP contribution in [0.25, 0.3) is 11.3 Å². The number of H-pyrrole nitrogens is 1. The lowest BCUT2D eigenvalue weighted by Gasteiger charge is -2.27. The van der Waals surface area contributed by atoms with E-state index in [1.165, 1.54) is 0 Å². The number of benzene rings is 1. The molecule has 0 aliphatic carbocycles. The van der Waals surface area contributed by atoms with E-state index in [0.29, 0.717) is 17.9 Å². The second-order valence-corrected chi connectivity index (χ2v) is 6.78. The second kappa shape index (κ2) is 7.14. The smallest absolute Gasteiger partial charge is 0.255 e. The van der Waals surface area contributed by atoms with E-state index in [0.717, 1.165) is 47.6 Å². The molecule has 0 radical (unpaired) electrons. The zero-order chi connectivity index (χ0) is 18.8. The van der Waals surface area contributed by atoms with Gasteiger partial charge in [-0.05, 0) is 30.7 Å². The Balaban J connectivity index is 1.49. The molecule has 0 amide bonds. The number of aryl methyl sites for hydroxylation is 1. The van der Waals surface area contributed by atoms with E-state index in [2.05, 4.69) is 32.0 Å². The Morgan fingerprint density at radius 1 is 1.30 bits per heavy atom. The third-order valence-corrected chi connectivity index (χ3v) is 4.78. The highest BCUT2D eigenvalue weighted by Gasteiger charge is 2.20. The summed E-state index contributed by atoms with van der Waals surface area (Å²) in [5, 5.41) is 9.03. The molecular formula is C21H19N5O. The van der Waals surface area contributed by atoms with E-state index in [4.69, 9.17) is 5.26 Å². The van der Waals surface area contributed by atoms with Gasteiger partial charge in [0.25, 0.3) is 5.56 Å². The maximum absolute atomic E-state index is 12.2. The minimum atomic E-state index is -0.0342. The Kier molecular flexibility index (Phi) is 4.53. The summed E-state index contributed by atoms with van der Waals surface area (Å²) in [5.74, 6) is 0.674. The molecule has 1 aliphatic heterocycles. The highest BCUT2D eigenvalue weighted by atomic mass is 16.1. The lowest BCUT2D eigenvalue weighted by molar-refractivity contribution is 0.241. The minimum Gasteiger partial charge on any atom is -0.310 e. The standard InChI is InChI=1S/C21H19N5O/c1-14-24-20-7-8-26(13-18(20)21(27)25-14)12-16-5-6-19(23-11-16)17-4-2-3-15(9-17)10-22/h2-6,9,11H,7-8,12-13H2,1H3,(H,24,25,27). The SMILES string of the molecule is Cc1nc2c(c(=O)[nH]1)CN(Cc1ccc(-c3cccc(C#N)c3)nc1)CC2. The van der Waals surface area contributed by atoms with Gasteiger partial charge in [-0.2, -0.15) is 5.26 Å². The lowest BCUT2D eigenvalue weighted by atomic mass is 10.1. The summed E-state index contributed by atoms with van der Waals surface area (Å²) in [6, 6.07) is 13.6. The van der Waals surface area contributed by atoms with Gasteiger partial charge in [0, 0.05) is 37.8 Å². The number of nitrogens with one attached hydrogen (secondary N) is 1. The quantitative estimate of drug-likeness (QED) is 0.779. The molecule has 134 valence electrons. The molecule has 1 aromatic carbocycles. The molecule has 1 N–H and O–H groups in total. The van der Waals surface area contributed by atoms with Crippen molar-refractivity contribution in [2.75, 3.05) is 6.54 Å². The van der Waals surface area contributed by atoms with Crippen LogP contribution in [-0.4, -0.2) is 26.4 Å². The van der Waals surface area contributed by atoms with Gasteiger partial charge in [0.1, 0.15) is 5.82 Å². The van der Waals surface area contributed by atoms with E-state index in [1.54, 1.807) is 6.07 Å². The molecule has 0 unspecified atom stereocenters. The average Bonchev–Trinajstić information content (AvgIpc) is 2.69. The Morgan fingerprint density at radius 3 is 2.96 bits per heavy atom. The number of hydrogen-bond donors (Lipinski definition) is 1. The van der Waals surface area contributed by atoms with Crippen LogP contribution in [0.5, 0.6) is 0 Å². The average molecular weight is 357 g/mol. The monoisotopic (exact) mass is 357 g/mol. The zero-order valence-corrected chi connectivity index (χ0v) is 15.1. The summed E-state index contributed by atoms with van der Waals surface area (Å²) in [5.41, 5.74) is 5.14. The maximum atomic E-state index is 12.2. The number of aromatic amines is 1. The maximum Gasteiger partial charge on any atom is 0.255 e. The van der Waals surface area contributed by atoms with Crippen molar-refractivity contribution in [3.8, 4) is 17.3 Å². The summed E-state index contributed by atoms with van der Waals surface area (Å²) in [4.78, 5) is 26.2. The van der Waals surface area contributed by atoms with Crippen LogP contribution in [0, 0.1) is 18.3 Å². The molecule has 6 nitrogen and oxygen atoms in total. The number of fused-ring (bicyclic) bond motifs is 1. The van der Waals surface area contributed by atoms with Crippen LogP contribution >= 0.6 is 0 Å². The molecule has 0 atom stereocenters. The van der Waals surface area contributed by atoms with Gasteiger partial charge in [-0.25, -0.2) is 4.98 Å². The molecule has 4 rings (SSSR count). The fourth-order valence-electron chi connectivity index (χ4n) is 3.44. The predicted molar refractivity (Wildman–Crippen MR) is 102 cm³/mol. The van der Waals surface area contributed by atoms with Gasteiger partial charge in [-0.1, -0.05) is 18.2 Å². The lowest BCUT2D eigenvalue weighted by Crippen LogP contribution is -2.35. The van der Waals surface area contributed by atoms with Crippen molar-refractivity contribution < 1.29 is 0 Å². The van der Waals surface area contributed by atoms with Crippen LogP contribution in [0.4, 0.5) is 0 Å². The first kappa shape index (κ1) is 17.1. The molecule has 0 saturated heterocycles. The summed E-state index contributed by atoms with van der Waals surface area (Å²) >= 11 is 0. The van der Waals surface area contributed by atoms with Gasteiger partial charge in [0.05, 0.1) is 28.6 Å². The van der Waals surface area contributed by atoms with E-state index in [9.17, 15) is 4.79 Å². The Morgan fingerprint density at radius 2 is 2.19 bits per heavy atom. The number of pyridine rings is 1. The van der Waals surface area contributed by atoms with E-state index < -0.39 is 0 Å². The van der Waals surface area contributed by atoms with Crippen LogP contribution in [0.15, 0.2) is 47.4 Å². The van der Waals surface area contributed by atoms with E-state index in [1.807, 2.05) is 37.4 Å². The van der Waals surface area contributed by atoms with Gasteiger partial charge < -0.3 is 4.98 Å². The molecule has 6 heteroatoms. The largest absolute Gasteiger partial charge is 0.310 e. The molecule has 2 aromatic heterocycles. The molecule has 0 fully saturated rings. The first-order valence-electron chi connectivity index (χ1n) is 8.89. The van der Waals surface area contributed by atoms with Gasteiger partial charge >= 0.3 is 0 Å². The normalized spacial score (nSPS) is 13.8. The highest BCUT2D eigenvalue weighted by Crippen LogP contribution is 2.20. The second-order valence-electron chi connectivity index (χ2n) is 6.78. The van der Waals surface area contributed by atoms with Gasteiger partial charge in [-0.15, -0.1) is 0 Å². The summed E-state index contributed by atoms with van der Waals surface area (Å²) < 4.78 is 0. The molecule has 0 saturated carbocycles. The van der Waals surface area contributed by atoms with Crippen molar-refractivity contribution >= 4 is 0 Å². The molecule has 0 bridgehead atoms. The molecule has 0 spiro atoms. The van der Waals surface area contributed by atoms with Crippen molar-refractivity contribution in [3.05, 3.63) is 81.2 Å². The van der Waals surface area contributed by atoms with Crippen molar-refractivity contribution in [2.24, 2.45) is 0 Å². The fourth-order valence-corrected chi connectivity index (χ4v) is 3.44. The summed E-state index contributed by atoms with van der Waals surface area (Å²) in [6.45, 7) is 4.02. The van der Waals surface area contributed by atoms with Crippen LogP contribution < -0.4 is 5.56 Å². The van der Waals surface area contributed by atoms with Crippen LogP contribution in [0.1, 0.15) is 28.2 Å². The molecule has 3 aromatic rings. The van der Waals surface area contributed by atoms with Gasteiger partial charge in [0.2, 0.25) is 0 Å². The van der Waals surface area contributed by atoms with Crippen LogP contribution in [0.3, 0.4) is 0 Å². The number of nitriles is 1. The predicted octanol–water partition coefficient (Wildman–Crippen LogP) is 2.57. The van der Waals surface area contributed by atoms with Gasteiger partial charge in [0.15, 0.2) is 0 Å². The van der Waals surface area contributed by atoms with E-state index >= 15 is 0 Å². The van der Waals surface area contributed by atoms with Crippen molar-refractivity contribution in [1.29, 1.82) is 5.26 Å². The van der Waals surface area contributed by atoms with Crippen LogP contribution in [0.2, 0.25) is 0 Å². The highest BCUT2D eigenvalue weighted by molar-refractivity contribution is 5.61. The van der Waals surface area contributed by atoms with Crippen molar-refractivity contribution in [2.45, 2.75) is 26.4 Å². The van der Waals surface area contributed by atoms with E-state index in [-0.39, 0.29) is 5.56 Å². The number of aromatic nitrogens is 3. The summed E-state index contributed by atoms with van der Waals surface area (Å²) in [6.07, 6.45) is 2.65. The molecule has 3 heterocycles. The van der Waals surface area contributed by atoms with Crippen molar-refractivity contribution in [1.82, 2.24) is 19.9 Å². The topological polar surface area (TPSA) is 85.7 Å². The fraction of sp³-hybridized carbons (Fsp3) is 0.238. The molecule has 1 aliphatic rings. The van der Waals surface area contributed by atoms with Crippen molar-refractivity contribution in [3.63, 3.8) is 0 Å². The number of hydrogen-bond acceptors (Lipinski definition) is 5. The molecule has 27 heavy (non-hydrogen) atoms. The Labute approximate surface area is 157 Å². The minimum absolute atomic E-state index is 0.0342.